The summed E-state index contributed by atoms with van der Waals surface area (Å²) in [7, 11) is 0. The Morgan fingerprint density at radius 3 is 2.94 bits per heavy atom. The monoisotopic (exact) mass is 234 g/mol. The second-order valence-corrected chi connectivity index (χ2v) is 5.64. The molecule has 1 aliphatic heterocycles. The van der Waals surface area contributed by atoms with Crippen LogP contribution >= 0.6 is 0 Å². The molecule has 1 saturated heterocycles. The van der Waals surface area contributed by atoms with Crippen molar-refractivity contribution in [2.45, 2.75) is 38.9 Å². The highest BCUT2D eigenvalue weighted by molar-refractivity contribution is 5.27. The first kappa shape index (κ1) is 12.4. The molecule has 17 heavy (non-hydrogen) atoms. The average Bonchev–Trinajstić information content (AvgIpc) is 2.24. The summed E-state index contributed by atoms with van der Waals surface area (Å²) in [4.78, 5) is 2.48. The lowest BCUT2D eigenvalue weighted by molar-refractivity contribution is 0.0626. The van der Waals surface area contributed by atoms with Crippen molar-refractivity contribution < 1.29 is 5.11 Å². The molecule has 1 unspecified atom stereocenters. The fourth-order valence-electron chi connectivity index (χ4n) is 2.33. The SMILES string of the molecule is CC1CN(Cc2cccc(O)c2)C(C)(C)CN1. The topological polar surface area (TPSA) is 35.5 Å². The lowest BCUT2D eigenvalue weighted by Crippen LogP contribution is -2.60. The quantitative estimate of drug-likeness (QED) is 0.821. The summed E-state index contributed by atoms with van der Waals surface area (Å²) in [6.07, 6.45) is 0. The Labute approximate surface area is 103 Å². The normalized spacial score (nSPS) is 24.8. The van der Waals surface area contributed by atoms with Gasteiger partial charge in [-0.1, -0.05) is 12.1 Å². The van der Waals surface area contributed by atoms with E-state index in [1.165, 1.54) is 5.56 Å². The number of phenols is 1. The Bertz CT molecular complexity index is 390. The average molecular weight is 234 g/mol. The van der Waals surface area contributed by atoms with Crippen molar-refractivity contribution in [3.8, 4) is 5.75 Å². The van der Waals surface area contributed by atoms with Gasteiger partial charge in [0.2, 0.25) is 0 Å². The Morgan fingerprint density at radius 1 is 1.47 bits per heavy atom. The number of benzene rings is 1. The van der Waals surface area contributed by atoms with Gasteiger partial charge >= 0.3 is 0 Å². The van der Waals surface area contributed by atoms with Crippen molar-refractivity contribution in [1.82, 2.24) is 10.2 Å². The molecule has 0 aromatic heterocycles. The molecule has 0 spiro atoms. The lowest BCUT2D eigenvalue weighted by atomic mass is 9.97. The van der Waals surface area contributed by atoms with Crippen LogP contribution in [0.15, 0.2) is 24.3 Å². The van der Waals surface area contributed by atoms with Crippen LogP contribution in [0.2, 0.25) is 0 Å². The van der Waals surface area contributed by atoms with Crippen LogP contribution in [0.4, 0.5) is 0 Å². The molecule has 2 rings (SSSR count). The maximum atomic E-state index is 9.49. The number of phenolic OH excluding ortho intramolecular Hbond substituents is 1. The van der Waals surface area contributed by atoms with Crippen LogP contribution in [0.3, 0.4) is 0 Å². The summed E-state index contributed by atoms with van der Waals surface area (Å²) in [5.74, 6) is 0.350. The number of piperazine rings is 1. The molecule has 0 amide bonds. The number of rotatable bonds is 2. The van der Waals surface area contributed by atoms with E-state index in [4.69, 9.17) is 0 Å². The maximum absolute atomic E-state index is 9.49. The van der Waals surface area contributed by atoms with Crippen LogP contribution < -0.4 is 5.32 Å². The minimum Gasteiger partial charge on any atom is -0.508 e. The van der Waals surface area contributed by atoms with E-state index < -0.39 is 0 Å². The molecule has 1 aliphatic rings. The van der Waals surface area contributed by atoms with Crippen LogP contribution in [-0.2, 0) is 6.54 Å². The molecule has 94 valence electrons. The molecular weight excluding hydrogens is 212 g/mol. The van der Waals surface area contributed by atoms with E-state index in [1.807, 2.05) is 12.1 Å². The number of nitrogens with zero attached hydrogens (tertiary/aromatic N) is 1. The molecule has 1 heterocycles. The highest BCUT2D eigenvalue weighted by Gasteiger charge is 2.32. The first-order valence-corrected chi connectivity index (χ1v) is 6.24. The Morgan fingerprint density at radius 2 is 2.24 bits per heavy atom. The van der Waals surface area contributed by atoms with Crippen LogP contribution in [0.1, 0.15) is 26.3 Å². The third-order valence-corrected chi connectivity index (χ3v) is 3.52. The van der Waals surface area contributed by atoms with Crippen molar-refractivity contribution in [2.75, 3.05) is 13.1 Å². The minimum atomic E-state index is 0.165. The number of aromatic hydroxyl groups is 1. The molecule has 0 bridgehead atoms. The fraction of sp³-hybridized carbons (Fsp3) is 0.571. The summed E-state index contributed by atoms with van der Waals surface area (Å²) in [6, 6.07) is 8.07. The molecule has 2 N–H and O–H groups in total. The van der Waals surface area contributed by atoms with Crippen molar-refractivity contribution >= 4 is 0 Å². The second-order valence-electron chi connectivity index (χ2n) is 5.64. The first-order chi connectivity index (χ1) is 7.97. The molecule has 0 saturated carbocycles. The van der Waals surface area contributed by atoms with Crippen LogP contribution in [0, 0.1) is 0 Å². The van der Waals surface area contributed by atoms with E-state index in [2.05, 4.69) is 37.1 Å². The van der Waals surface area contributed by atoms with Crippen molar-refractivity contribution in [3.63, 3.8) is 0 Å². The molecular formula is C14H22N2O. The van der Waals surface area contributed by atoms with Crippen LogP contribution in [0.25, 0.3) is 0 Å². The fourth-order valence-corrected chi connectivity index (χ4v) is 2.33. The zero-order valence-electron chi connectivity index (χ0n) is 10.9. The van der Waals surface area contributed by atoms with Gasteiger partial charge in [0.15, 0.2) is 0 Å². The molecule has 1 fully saturated rings. The molecule has 0 aliphatic carbocycles. The van der Waals surface area contributed by atoms with E-state index in [0.717, 1.165) is 19.6 Å². The molecule has 1 aromatic rings. The van der Waals surface area contributed by atoms with Gasteiger partial charge in [0, 0.05) is 31.2 Å². The molecule has 1 atom stereocenters. The molecule has 1 aromatic carbocycles. The predicted molar refractivity (Wildman–Crippen MR) is 70.1 cm³/mol. The van der Waals surface area contributed by atoms with Crippen molar-refractivity contribution in [1.29, 1.82) is 0 Å². The Kier molecular flexibility index (Phi) is 3.40. The van der Waals surface area contributed by atoms with Gasteiger partial charge < -0.3 is 10.4 Å². The second kappa shape index (κ2) is 4.67. The van der Waals surface area contributed by atoms with Gasteiger partial charge in [0.1, 0.15) is 5.75 Å². The van der Waals surface area contributed by atoms with Gasteiger partial charge in [-0.15, -0.1) is 0 Å². The third kappa shape index (κ3) is 2.99. The standard InChI is InChI=1S/C14H22N2O/c1-11-8-16(14(2,3)10-15-11)9-12-5-4-6-13(17)7-12/h4-7,11,15,17H,8-10H2,1-3H3. The predicted octanol–water partition coefficient (Wildman–Crippen LogP) is 1.96. The molecule has 3 nitrogen and oxygen atoms in total. The number of hydrogen-bond acceptors (Lipinski definition) is 3. The van der Waals surface area contributed by atoms with Gasteiger partial charge in [0.25, 0.3) is 0 Å². The summed E-state index contributed by atoms with van der Waals surface area (Å²) < 4.78 is 0. The zero-order chi connectivity index (χ0) is 12.5. The van der Waals surface area contributed by atoms with E-state index >= 15 is 0 Å². The van der Waals surface area contributed by atoms with Gasteiger partial charge in [-0.05, 0) is 38.5 Å². The van der Waals surface area contributed by atoms with Crippen molar-refractivity contribution in [2.24, 2.45) is 0 Å². The minimum absolute atomic E-state index is 0.165. The summed E-state index contributed by atoms with van der Waals surface area (Å²) >= 11 is 0. The van der Waals surface area contributed by atoms with Crippen LogP contribution in [0.5, 0.6) is 5.75 Å². The van der Waals surface area contributed by atoms with Crippen LogP contribution in [-0.4, -0.2) is 34.7 Å². The smallest absolute Gasteiger partial charge is 0.115 e. The summed E-state index contributed by atoms with van der Waals surface area (Å²) in [5.41, 5.74) is 1.34. The van der Waals surface area contributed by atoms with E-state index in [-0.39, 0.29) is 5.54 Å². The third-order valence-electron chi connectivity index (χ3n) is 3.52. The molecule has 0 radical (unpaired) electrons. The summed E-state index contributed by atoms with van der Waals surface area (Å²) in [5, 5.41) is 13.0. The van der Waals surface area contributed by atoms with Gasteiger partial charge in [-0.25, -0.2) is 0 Å². The molecule has 3 heteroatoms. The highest BCUT2D eigenvalue weighted by atomic mass is 16.3. The van der Waals surface area contributed by atoms with E-state index in [0.29, 0.717) is 11.8 Å². The Balaban J connectivity index is 2.11. The zero-order valence-corrected chi connectivity index (χ0v) is 10.9. The summed E-state index contributed by atoms with van der Waals surface area (Å²) in [6.45, 7) is 9.68. The number of nitrogens with one attached hydrogen (secondary N) is 1. The largest absolute Gasteiger partial charge is 0.508 e. The van der Waals surface area contributed by atoms with Gasteiger partial charge in [0.05, 0.1) is 0 Å². The van der Waals surface area contributed by atoms with Gasteiger partial charge in [-0.2, -0.15) is 0 Å². The number of hydrogen-bond donors (Lipinski definition) is 2. The van der Waals surface area contributed by atoms with Gasteiger partial charge in [-0.3, -0.25) is 4.90 Å². The maximum Gasteiger partial charge on any atom is 0.115 e. The highest BCUT2D eigenvalue weighted by Crippen LogP contribution is 2.22. The van der Waals surface area contributed by atoms with E-state index in [1.54, 1.807) is 6.07 Å². The first-order valence-electron chi connectivity index (χ1n) is 6.24. The van der Waals surface area contributed by atoms with E-state index in [9.17, 15) is 5.11 Å². The Hall–Kier alpha value is -1.06. The van der Waals surface area contributed by atoms with Crippen molar-refractivity contribution in [3.05, 3.63) is 29.8 Å². The lowest BCUT2D eigenvalue weighted by Gasteiger charge is -2.45.